The van der Waals surface area contributed by atoms with E-state index >= 15 is 0 Å². The van der Waals surface area contributed by atoms with Gasteiger partial charge in [-0.3, -0.25) is 0 Å². The van der Waals surface area contributed by atoms with Crippen molar-refractivity contribution in [2.45, 2.75) is 38.9 Å². The predicted molar refractivity (Wildman–Crippen MR) is 91.7 cm³/mol. The van der Waals surface area contributed by atoms with E-state index in [9.17, 15) is 4.39 Å². The second-order valence-electron chi connectivity index (χ2n) is 6.71. The Balaban J connectivity index is 1.80. The maximum atomic E-state index is 14.5. The second-order valence-corrected chi connectivity index (χ2v) is 7.82. The largest absolute Gasteiger partial charge is 0.525 e. The first-order valence-electron chi connectivity index (χ1n) is 7.49. The van der Waals surface area contributed by atoms with Gasteiger partial charge in [0.05, 0.1) is 34.3 Å². The van der Waals surface area contributed by atoms with Gasteiger partial charge in [0.15, 0.2) is 0 Å². The standard InChI is InChI=1S/C16H20BFN2O2S/c1-15(2)16(3,4)22-17(21-15)14(18)8-11-6-7-13(23-11)12-9-19-10-20(12)5/h6-10H,1-5H3. The number of imidazole rings is 1. The summed E-state index contributed by atoms with van der Waals surface area (Å²) in [5, 5.41) is 0. The van der Waals surface area contributed by atoms with E-state index in [-0.39, 0.29) is 0 Å². The zero-order chi connectivity index (χ0) is 16.8. The third-order valence-electron chi connectivity index (χ3n) is 4.45. The number of aryl methyl sites for hydroxylation is 1. The van der Waals surface area contributed by atoms with E-state index in [2.05, 4.69) is 4.98 Å². The molecule has 0 bridgehead atoms. The van der Waals surface area contributed by atoms with Crippen LogP contribution in [0.15, 0.2) is 30.4 Å². The maximum absolute atomic E-state index is 14.5. The van der Waals surface area contributed by atoms with E-state index in [4.69, 9.17) is 9.31 Å². The Morgan fingerprint density at radius 3 is 2.48 bits per heavy atom. The van der Waals surface area contributed by atoms with Crippen LogP contribution >= 0.6 is 11.3 Å². The van der Waals surface area contributed by atoms with E-state index < -0.39 is 24.0 Å². The molecule has 0 radical (unpaired) electrons. The summed E-state index contributed by atoms with van der Waals surface area (Å²) in [5.41, 5.74) is -0.496. The Morgan fingerprint density at radius 1 is 1.26 bits per heavy atom. The molecule has 1 fully saturated rings. The highest BCUT2D eigenvalue weighted by molar-refractivity contribution is 7.16. The molecular formula is C16H20BFN2O2S. The molecule has 2 aromatic heterocycles. The number of rotatable bonds is 3. The quantitative estimate of drug-likeness (QED) is 0.793. The normalized spacial score (nSPS) is 20.3. The van der Waals surface area contributed by atoms with Crippen molar-refractivity contribution in [1.82, 2.24) is 9.55 Å². The van der Waals surface area contributed by atoms with Crippen LogP contribution in [0.3, 0.4) is 0 Å². The molecular weight excluding hydrogens is 314 g/mol. The molecule has 1 aliphatic heterocycles. The van der Waals surface area contributed by atoms with Crippen molar-refractivity contribution in [3.8, 4) is 10.6 Å². The molecule has 3 rings (SSSR count). The summed E-state index contributed by atoms with van der Waals surface area (Å²) >= 11 is 1.50. The van der Waals surface area contributed by atoms with Crippen molar-refractivity contribution in [2.24, 2.45) is 7.05 Å². The van der Waals surface area contributed by atoms with Crippen molar-refractivity contribution in [3.63, 3.8) is 0 Å². The van der Waals surface area contributed by atoms with Gasteiger partial charge in [-0.2, -0.15) is 0 Å². The Hall–Kier alpha value is -1.44. The Kier molecular flexibility index (Phi) is 3.98. The molecule has 0 atom stereocenters. The van der Waals surface area contributed by atoms with Crippen molar-refractivity contribution < 1.29 is 13.7 Å². The van der Waals surface area contributed by atoms with Crippen LogP contribution in [0.1, 0.15) is 32.6 Å². The minimum atomic E-state index is -0.956. The first-order valence-corrected chi connectivity index (χ1v) is 8.30. The molecule has 4 nitrogen and oxygen atoms in total. The first kappa shape index (κ1) is 16.4. The Morgan fingerprint density at radius 2 is 1.91 bits per heavy atom. The lowest BCUT2D eigenvalue weighted by Crippen LogP contribution is -2.41. The van der Waals surface area contributed by atoms with E-state index in [1.165, 1.54) is 17.4 Å². The minimum absolute atomic E-state index is 0.415. The molecule has 1 aliphatic rings. The van der Waals surface area contributed by atoms with Crippen LogP contribution in [-0.2, 0) is 16.4 Å². The predicted octanol–water partition coefficient (Wildman–Crippen LogP) is 4.09. The third-order valence-corrected chi connectivity index (χ3v) is 5.51. The zero-order valence-corrected chi connectivity index (χ0v) is 14.8. The van der Waals surface area contributed by atoms with E-state index in [0.717, 1.165) is 15.4 Å². The van der Waals surface area contributed by atoms with Gasteiger partial charge in [-0.1, -0.05) is 0 Å². The Bertz CT molecular complexity index is 735. The van der Waals surface area contributed by atoms with E-state index in [1.54, 1.807) is 12.5 Å². The van der Waals surface area contributed by atoms with Gasteiger partial charge in [-0.25, -0.2) is 9.37 Å². The van der Waals surface area contributed by atoms with Crippen LogP contribution in [0.5, 0.6) is 0 Å². The van der Waals surface area contributed by atoms with Gasteiger partial charge in [0.1, 0.15) is 5.73 Å². The van der Waals surface area contributed by atoms with Gasteiger partial charge in [0.25, 0.3) is 0 Å². The fourth-order valence-corrected chi connectivity index (χ4v) is 3.32. The molecule has 0 N–H and O–H groups in total. The van der Waals surface area contributed by atoms with Gasteiger partial charge in [-0.05, 0) is 45.9 Å². The lowest BCUT2D eigenvalue weighted by Gasteiger charge is -2.32. The SMILES string of the molecule is Cn1cncc1-c1ccc(C=C(F)B2OC(C)(C)C(C)(C)O2)s1. The lowest BCUT2D eigenvalue weighted by molar-refractivity contribution is 0.00578. The minimum Gasteiger partial charge on any atom is -0.398 e. The van der Waals surface area contributed by atoms with Crippen molar-refractivity contribution >= 4 is 24.5 Å². The molecule has 2 aromatic rings. The van der Waals surface area contributed by atoms with Crippen LogP contribution in [-0.4, -0.2) is 27.9 Å². The molecule has 7 heteroatoms. The van der Waals surface area contributed by atoms with Gasteiger partial charge in [0, 0.05) is 11.9 Å². The zero-order valence-electron chi connectivity index (χ0n) is 14.0. The molecule has 23 heavy (non-hydrogen) atoms. The summed E-state index contributed by atoms with van der Waals surface area (Å²) in [6.45, 7) is 7.63. The molecule has 122 valence electrons. The molecule has 0 spiro atoms. The van der Waals surface area contributed by atoms with Gasteiger partial charge >= 0.3 is 7.12 Å². The number of halogens is 1. The third kappa shape index (κ3) is 3.01. The molecule has 1 saturated heterocycles. The maximum Gasteiger partial charge on any atom is 0.525 e. The first-order chi connectivity index (χ1) is 10.7. The number of hydrogen-bond acceptors (Lipinski definition) is 4. The van der Waals surface area contributed by atoms with Crippen LogP contribution < -0.4 is 0 Å². The Labute approximate surface area is 140 Å². The van der Waals surface area contributed by atoms with Gasteiger partial charge in [0.2, 0.25) is 0 Å². The van der Waals surface area contributed by atoms with E-state index in [0.29, 0.717) is 0 Å². The van der Waals surface area contributed by atoms with Crippen molar-refractivity contribution in [2.75, 3.05) is 0 Å². The summed E-state index contributed by atoms with van der Waals surface area (Å²) in [4.78, 5) is 5.96. The number of aromatic nitrogens is 2. The van der Waals surface area contributed by atoms with E-state index in [1.807, 2.05) is 51.4 Å². The number of hydrogen-bond donors (Lipinski definition) is 0. The highest BCUT2D eigenvalue weighted by atomic mass is 32.1. The van der Waals surface area contributed by atoms with Crippen LogP contribution in [0, 0.1) is 0 Å². The molecule has 0 aliphatic carbocycles. The van der Waals surface area contributed by atoms with Crippen LogP contribution in [0.2, 0.25) is 0 Å². The molecule has 0 amide bonds. The van der Waals surface area contributed by atoms with Crippen molar-refractivity contribution in [1.29, 1.82) is 0 Å². The van der Waals surface area contributed by atoms with Gasteiger partial charge in [-0.15, -0.1) is 11.3 Å². The van der Waals surface area contributed by atoms with Gasteiger partial charge < -0.3 is 13.9 Å². The van der Waals surface area contributed by atoms with Crippen LogP contribution in [0.4, 0.5) is 4.39 Å². The number of thiophene rings is 1. The summed E-state index contributed by atoms with van der Waals surface area (Å²) < 4.78 is 27.9. The molecule has 0 aromatic carbocycles. The highest BCUT2D eigenvalue weighted by Gasteiger charge is 2.53. The summed E-state index contributed by atoms with van der Waals surface area (Å²) in [5.74, 6) is 0. The monoisotopic (exact) mass is 334 g/mol. The number of nitrogens with zero attached hydrogens (tertiary/aromatic N) is 2. The average Bonchev–Trinajstić information content (AvgIpc) is 3.10. The summed E-state index contributed by atoms with van der Waals surface area (Å²) in [6, 6.07) is 3.85. The fraction of sp³-hybridized carbons (Fsp3) is 0.438. The smallest absolute Gasteiger partial charge is 0.398 e. The van der Waals surface area contributed by atoms with Crippen LogP contribution in [0.25, 0.3) is 16.6 Å². The molecule has 0 unspecified atom stereocenters. The summed E-state index contributed by atoms with van der Waals surface area (Å²) in [6.07, 6.45) is 5.02. The molecule has 0 saturated carbocycles. The fourth-order valence-electron chi connectivity index (χ4n) is 2.32. The topological polar surface area (TPSA) is 36.3 Å². The second kappa shape index (κ2) is 5.58. The summed E-state index contributed by atoms with van der Waals surface area (Å²) in [7, 11) is 0.977. The molecule has 3 heterocycles. The lowest BCUT2D eigenvalue weighted by atomic mass is 9.87. The van der Waals surface area contributed by atoms with Crippen molar-refractivity contribution in [3.05, 3.63) is 35.3 Å². The highest BCUT2D eigenvalue weighted by Crippen LogP contribution is 2.39. The average molecular weight is 334 g/mol.